The second-order valence-electron chi connectivity index (χ2n) is 5.80. The Kier molecular flexibility index (Phi) is 7.85. The molecule has 0 bridgehead atoms. The van der Waals surface area contributed by atoms with E-state index in [9.17, 15) is 14.4 Å². The van der Waals surface area contributed by atoms with E-state index in [1.165, 1.54) is 6.33 Å². The zero-order chi connectivity index (χ0) is 17.6. The fourth-order valence-corrected chi connectivity index (χ4v) is 3.36. The Bertz CT molecular complexity index is 997. The number of fused-ring (bicyclic) bond motifs is 2. The van der Waals surface area contributed by atoms with Crippen LogP contribution in [0, 0.1) is 0 Å². The van der Waals surface area contributed by atoms with Gasteiger partial charge in [0.2, 0.25) is 0 Å². The molecule has 4 rings (SSSR count). The molecule has 2 unspecified atom stereocenters. The van der Waals surface area contributed by atoms with E-state index >= 15 is 0 Å². The van der Waals surface area contributed by atoms with Gasteiger partial charge < -0.3 is 33.9 Å². The van der Waals surface area contributed by atoms with Crippen LogP contribution in [0.1, 0.15) is 19.1 Å². The summed E-state index contributed by atoms with van der Waals surface area (Å²) in [7, 11) is -4.99. The second kappa shape index (κ2) is 9.15. The summed E-state index contributed by atoms with van der Waals surface area (Å²) in [6.45, 7) is -0.278. The number of nitrogens with two attached hydrogens (primary N) is 1. The van der Waals surface area contributed by atoms with E-state index in [2.05, 4.69) is 19.5 Å². The van der Waals surface area contributed by atoms with Crippen molar-refractivity contribution in [1.82, 2.24) is 19.5 Å². The van der Waals surface area contributed by atoms with Crippen LogP contribution in [-0.2, 0) is 13.8 Å². The molecular formula is C14H14N5Na2O5P. The smallest absolute Gasteiger partial charge is 0.790 e. The van der Waals surface area contributed by atoms with Gasteiger partial charge in [0.1, 0.15) is 18.4 Å². The summed E-state index contributed by atoms with van der Waals surface area (Å²) in [5.41, 5.74) is 8.10. The minimum Gasteiger partial charge on any atom is -0.790 e. The monoisotopic (exact) mass is 409 g/mol. The summed E-state index contributed by atoms with van der Waals surface area (Å²) < 4.78 is 22.5. The van der Waals surface area contributed by atoms with Crippen molar-refractivity contribution in [3.05, 3.63) is 24.8 Å². The fraction of sp³-hybridized carbons (Fsp3) is 0.357. The van der Waals surface area contributed by atoms with Crippen LogP contribution >= 0.6 is 7.82 Å². The van der Waals surface area contributed by atoms with E-state index in [1.54, 1.807) is 6.33 Å². The standard InChI is InChI=1S/C14H16N5O5P.2Na/c15-14-9-3-11-12(4-10(9)16-6-17-14)19(7-18-11)13-2-1-8(24-13)5-23-25(20,21)22;;/h3-4,6-8,13H,1-2,5H2,(H2,15,16,17)(H2,20,21,22);;/q;2*+1/p-2. The minimum absolute atomic E-state index is 0. The van der Waals surface area contributed by atoms with Gasteiger partial charge in [-0.3, -0.25) is 0 Å². The second-order valence-corrected chi connectivity index (χ2v) is 6.95. The van der Waals surface area contributed by atoms with Crippen molar-refractivity contribution in [2.24, 2.45) is 0 Å². The number of benzene rings is 1. The van der Waals surface area contributed by atoms with Gasteiger partial charge in [-0.05, 0) is 25.0 Å². The van der Waals surface area contributed by atoms with Gasteiger partial charge in [0.15, 0.2) is 0 Å². The zero-order valence-electron chi connectivity index (χ0n) is 14.9. The molecule has 132 valence electrons. The largest absolute Gasteiger partial charge is 1.00 e. The first kappa shape index (κ1) is 23.2. The van der Waals surface area contributed by atoms with Gasteiger partial charge in [-0.15, -0.1) is 0 Å². The van der Waals surface area contributed by atoms with E-state index in [0.717, 1.165) is 16.4 Å². The number of nitrogens with zero attached hydrogens (tertiary/aromatic N) is 4. The molecule has 3 aromatic rings. The summed E-state index contributed by atoms with van der Waals surface area (Å²) in [4.78, 5) is 33.7. The molecule has 1 fully saturated rings. The topological polar surface area (TPSA) is 151 Å². The predicted octanol–water partition coefficient (Wildman–Crippen LogP) is -5.91. The van der Waals surface area contributed by atoms with Crippen molar-refractivity contribution in [2.45, 2.75) is 25.2 Å². The molecule has 10 nitrogen and oxygen atoms in total. The molecule has 0 spiro atoms. The number of nitrogen functional groups attached to an aromatic ring is 1. The van der Waals surface area contributed by atoms with Gasteiger partial charge in [-0.2, -0.15) is 0 Å². The van der Waals surface area contributed by atoms with E-state index in [0.29, 0.717) is 24.2 Å². The zero-order valence-corrected chi connectivity index (χ0v) is 19.8. The Morgan fingerprint density at radius 1 is 1.22 bits per heavy atom. The molecule has 0 radical (unpaired) electrons. The molecule has 0 aliphatic carbocycles. The number of imidazole rings is 1. The van der Waals surface area contributed by atoms with Crippen LogP contribution in [0.25, 0.3) is 21.9 Å². The fourth-order valence-electron chi connectivity index (χ4n) is 3.02. The number of rotatable bonds is 4. The van der Waals surface area contributed by atoms with Crippen LogP contribution in [0.5, 0.6) is 0 Å². The molecule has 1 aromatic carbocycles. The van der Waals surface area contributed by atoms with E-state index in [1.807, 2.05) is 16.7 Å². The third kappa shape index (κ3) is 5.09. The quantitative estimate of drug-likeness (QED) is 0.328. The van der Waals surface area contributed by atoms with Crippen LogP contribution in [0.15, 0.2) is 24.8 Å². The molecule has 3 heterocycles. The number of aromatic nitrogens is 4. The number of phosphoric ester groups is 1. The average Bonchev–Trinajstić information content (AvgIpc) is 3.17. The van der Waals surface area contributed by atoms with Crippen molar-refractivity contribution < 1.29 is 82.7 Å². The maximum absolute atomic E-state index is 10.6. The summed E-state index contributed by atoms with van der Waals surface area (Å²) in [6, 6.07) is 3.67. The van der Waals surface area contributed by atoms with Gasteiger partial charge in [0.25, 0.3) is 0 Å². The van der Waals surface area contributed by atoms with Crippen molar-refractivity contribution >= 4 is 35.6 Å². The molecule has 1 aliphatic heterocycles. The third-order valence-corrected chi connectivity index (χ3v) is 4.64. The molecule has 0 amide bonds. The van der Waals surface area contributed by atoms with Crippen LogP contribution < -0.4 is 74.6 Å². The summed E-state index contributed by atoms with van der Waals surface area (Å²) in [5.74, 6) is 0.385. The molecule has 1 saturated heterocycles. The van der Waals surface area contributed by atoms with Gasteiger partial charge in [0, 0.05) is 5.39 Å². The summed E-state index contributed by atoms with van der Waals surface area (Å²) in [5, 5.41) is 0.723. The number of phosphoric acid groups is 1. The van der Waals surface area contributed by atoms with Crippen LogP contribution in [0.2, 0.25) is 0 Å². The van der Waals surface area contributed by atoms with Crippen molar-refractivity contribution in [3.8, 4) is 0 Å². The van der Waals surface area contributed by atoms with Crippen LogP contribution in [-0.4, -0.2) is 32.2 Å². The molecule has 1 aliphatic rings. The summed E-state index contributed by atoms with van der Waals surface area (Å²) in [6.07, 6.45) is 3.48. The van der Waals surface area contributed by atoms with Gasteiger partial charge in [-0.25, -0.2) is 15.0 Å². The Morgan fingerprint density at radius 2 is 2.00 bits per heavy atom. The Morgan fingerprint density at radius 3 is 2.74 bits per heavy atom. The van der Waals surface area contributed by atoms with E-state index in [4.69, 9.17) is 10.5 Å². The summed E-state index contributed by atoms with van der Waals surface area (Å²) >= 11 is 0. The molecule has 2 atom stereocenters. The molecule has 27 heavy (non-hydrogen) atoms. The Labute approximate surface area is 198 Å². The maximum atomic E-state index is 10.6. The number of anilines is 1. The van der Waals surface area contributed by atoms with Crippen molar-refractivity contribution in [3.63, 3.8) is 0 Å². The minimum atomic E-state index is -4.99. The molecule has 0 saturated carbocycles. The normalized spacial score (nSPS) is 19.8. The van der Waals surface area contributed by atoms with Gasteiger partial charge >= 0.3 is 59.1 Å². The van der Waals surface area contributed by atoms with Gasteiger partial charge in [-0.1, -0.05) is 0 Å². The van der Waals surface area contributed by atoms with Crippen LogP contribution in [0.3, 0.4) is 0 Å². The Balaban J connectivity index is 0.00000131. The SMILES string of the molecule is Nc1ncnc2cc3c(cc12)ncn3C1CCC(COP(=O)([O-])[O-])O1.[Na+].[Na+]. The number of ether oxygens (including phenoxy) is 1. The van der Waals surface area contributed by atoms with Crippen molar-refractivity contribution in [2.75, 3.05) is 12.3 Å². The first-order valence-electron chi connectivity index (χ1n) is 7.59. The van der Waals surface area contributed by atoms with Crippen molar-refractivity contribution in [1.29, 1.82) is 0 Å². The molecular weight excluding hydrogens is 395 g/mol. The Hall–Kier alpha value is -0.100. The van der Waals surface area contributed by atoms with Crippen LogP contribution in [0.4, 0.5) is 5.82 Å². The average molecular weight is 409 g/mol. The van der Waals surface area contributed by atoms with E-state index in [-0.39, 0.29) is 71.9 Å². The molecule has 2 N–H and O–H groups in total. The first-order chi connectivity index (χ1) is 11.9. The first-order valence-corrected chi connectivity index (χ1v) is 9.05. The van der Waals surface area contributed by atoms with Gasteiger partial charge in [0.05, 0.1) is 43.4 Å². The van der Waals surface area contributed by atoms with E-state index < -0.39 is 13.9 Å². The molecule has 13 heteroatoms. The number of hydrogen-bond acceptors (Lipinski definition) is 9. The third-order valence-electron chi connectivity index (χ3n) is 4.18. The molecule has 2 aromatic heterocycles. The maximum Gasteiger partial charge on any atom is 1.00 e. The predicted molar refractivity (Wildman–Crippen MR) is 83.9 cm³/mol. The number of hydrogen-bond donors (Lipinski definition) is 1.